The topological polar surface area (TPSA) is 221 Å². The van der Waals surface area contributed by atoms with Crippen molar-refractivity contribution in [3.05, 3.63) is 34.9 Å². The second kappa shape index (κ2) is 15.2. The number of hydrogen-bond donors (Lipinski definition) is 6. The Kier molecular flexibility index (Phi) is 11.9. The standard InChI is InChI=1S/C31H43N5O10/c1-14(2)24(32-17(6)37)28(42)33-20(12-22(38)39)27(41)35-25(15(3)4)30(44)36-10-9-18-11-16(5)7-8-19(18)26(36)29(43)34-21-13-23(40)46-31(21)45/h7-8,11,14-15,20-21,24-26,31,45H,9-10,12-13H2,1-6H3,(H,32,37)(H,33,42)(H,34,43)(H,35,41)(H,38,39)/t20-,21-,24-,25-,26?,31?/m0/s1. The summed E-state index contributed by atoms with van der Waals surface area (Å²) in [6.07, 6.45) is -2.20. The Morgan fingerprint density at radius 3 is 2.17 bits per heavy atom. The smallest absolute Gasteiger partial charge is 0.310 e. The van der Waals surface area contributed by atoms with E-state index in [-0.39, 0.29) is 18.9 Å². The second-order valence-corrected chi connectivity index (χ2v) is 12.4. The molecule has 252 valence electrons. The molecule has 5 amide bonds. The van der Waals surface area contributed by atoms with E-state index in [1.165, 1.54) is 11.8 Å². The summed E-state index contributed by atoms with van der Waals surface area (Å²) in [7, 11) is 0. The van der Waals surface area contributed by atoms with E-state index in [4.69, 9.17) is 4.74 Å². The van der Waals surface area contributed by atoms with E-state index in [1.807, 2.05) is 13.0 Å². The zero-order valence-corrected chi connectivity index (χ0v) is 26.8. The predicted molar refractivity (Wildman–Crippen MR) is 161 cm³/mol. The summed E-state index contributed by atoms with van der Waals surface area (Å²) in [5.41, 5.74) is 2.31. The number of nitrogens with one attached hydrogen (secondary N) is 4. The van der Waals surface area contributed by atoms with E-state index in [9.17, 15) is 43.8 Å². The van der Waals surface area contributed by atoms with Gasteiger partial charge in [-0.1, -0.05) is 51.5 Å². The number of carbonyl (C=O) groups is 7. The molecule has 46 heavy (non-hydrogen) atoms. The van der Waals surface area contributed by atoms with Crippen LogP contribution in [0.4, 0.5) is 0 Å². The molecule has 2 heterocycles. The van der Waals surface area contributed by atoms with E-state index in [0.29, 0.717) is 12.0 Å². The quantitative estimate of drug-likeness (QED) is 0.159. The lowest BCUT2D eigenvalue weighted by Gasteiger charge is -2.39. The van der Waals surface area contributed by atoms with E-state index in [2.05, 4.69) is 21.3 Å². The number of carboxylic acid groups (broad SMARTS) is 1. The highest BCUT2D eigenvalue weighted by atomic mass is 16.6. The van der Waals surface area contributed by atoms with E-state index < -0.39 is 90.3 Å². The van der Waals surface area contributed by atoms with Crippen molar-refractivity contribution in [1.29, 1.82) is 0 Å². The molecule has 0 saturated carbocycles. The Balaban J connectivity index is 1.89. The molecule has 1 aromatic rings. The summed E-state index contributed by atoms with van der Waals surface area (Å²) in [6, 6.07) is -0.655. The van der Waals surface area contributed by atoms with Gasteiger partial charge in [0.05, 0.1) is 12.8 Å². The Morgan fingerprint density at radius 2 is 1.63 bits per heavy atom. The van der Waals surface area contributed by atoms with Gasteiger partial charge in [-0.15, -0.1) is 0 Å². The van der Waals surface area contributed by atoms with Crippen molar-refractivity contribution in [1.82, 2.24) is 26.2 Å². The zero-order chi connectivity index (χ0) is 34.5. The molecule has 6 N–H and O–H groups in total. The predicted octanol–water partition coefficient (Wildman–Crippen LogP) is -0.568. The first-order valence-corrected chi connectivity index (χ1v) is 15.2. The number of esters is 1. The van der Waals surface area contributed by atoms with Crippen LogP contribution in [0.5, 0.6) is 0 Å². The zero-order valence-electron chi connectivity index (χ0n) is 26.8. The summed E-state index contributed by atoms with van der Waals surface area (Å²) in [6.45, 7) is 9.87. The van der Waals surface area contributed by atoms with Crippen LogP contribution in [0.15, 0.2) is 18.2 Å². The monoisotopic (exact) mass is 645 g/mol. The van der Waals surface area contributed by atoms with Crippen LogP contribution in [-0.2, 0) is 44.7 Å². The fourth-order valence-electron chi connectivity index (χ4n) is 5.55. The number of aliphatic carboxylic acids is 1. The Morgan fingerprint density at radius 1 is 0.978 bits per heavy atom. The number of amides is 5. The van der Waals surface area contributed by atoms with Gasteiger partial charge in [0.1, 0.15) is 30.2 Å². The molecule has 2 unspecified atom stereocenters. The van der Waals surface area contributed by atoms with Crippen LogP contribution in [0.25, 0.3) is 0 Å². The molecule has 1 saturated heterocycles. The molecule has 1 aromatic carbocycles. The van der Waals surface area contributed by atoms with E-state index in [0.717, 1.165) is 11.1 Å². The SMILES string of the molecule is CC(=O)N[C@H](C(=O)N[C@@H](CC(=O)O)C(=O)N[C@H](C(=O)N1CCc2cc(C)ccc2C1C(=O)N[C@H]1CC(=O)OC1O)C(C)C)C(C)C. The van der Waals surface area contributed by atoms with E-state index in [1.54, 1.807) is 39.8 Å². The minimum absolute atomic E-state index is 0.0944. The number of carboxylic acids is 1. The third-order valence-corrected chi connectivity index (χ3v) is 7.92. The van der Waals surface area contributed by atoms with Crippen LogP contribution in [0.3, 0.4) is 0 Å². The van der Waals surface area contributed by atoms with Crippen molar-refractivity contribution < 1.29 is 48.5 Å². The van der Waals surface area contributed by atoms with E-state index >= 15 is 0 Å². The molecule has 0 aromatic heterocycles. The lowest BCUT2D eigenvalue weighted by molar-refractivity contribution is -0.156. The molecule has 6 atom stereocenters. The molecular formula is C31H43N5O10. The molecule has 2 aliphatic rings. The minimum atomic E-state index is -1.58. The fraction of sp³-hybridized carbons (Fsp3) is 0.581. The molecule has 3 rings (SSSR count). The first-order valence-electron chi connectivity index (χ1n) is 15.2. The Labute approximate surface area is 266 Å². The third-order valence-electron chi connectivity index (χ3n) is 7.92. The average Bonchev–Trinajstić information content (AvgIpc) is 3.27. The highest BCUT2D eigenvalue weighted by Gasteiger charge is 2.43. The summed E-state index contributed by atoms with van der Waals surface area (Å²) >= 11 is 0. The van der Waals surface area contributed by atoms with Gasteiger partial charge in [0, 0.05) is 13.5 Å². The molecular weight excluding hydrogens is 602 g/mol. The number of aryl methyl sites for hydroxylation is 1. The highest BCUT2D eigenvalue weighted by Crippen LogP contribution is 2.32. The van der Waals surface area contributed by atoms with Crippen LogP contribution in [0.1, 0.15) is 70.2 Å². The molecule has 1 fully saturated rings. The number of benzene rings is 1. The van der Waals surface area contributed by atoms with Crippen LogP contribution in [0, 0.1) is 18.8 Å². The van der Waals surface area contributed by atoms with Gasteiger partial charge in [0.25, 0.3) is 0 Å². The minimum Gasteiger partial charge on any atom is -0.481 e. The summed E-state index contributed by atoms with van der Waals surface area (Å²) in [4.78, 5) is 90.6. The highest BCUT2D eigenvalue weighted by molar-refractivity contribution is 5.97. The van der Waals surface area contributed by atoms with Crippen molar-refractivity contribution in [3.63, 3.8) is 0 Å². The number of aliphatic hydroxyl groups excluding tert-OH is 1. The molecule has 0 bridgehead atoms. The average molecular weight is 646 g/mol. The number of hydrogen-bond acceptors (Lipinski definition) is 9. The summed E-state index contributed by atoms with van der Waals surface area (Å²) in [5, 5.41) is 29.6. The maximum absolute atomic E-state index is 14.2. The molecule has 2 aliphatic heterocycles. The van der Waals surface area contributed by atoms with Gasteiger partial charge >= 0.3 is 11.9 Å². The summed E-state index contributed by atoms with van der Waals surface area (Å²) in [5.74, 6) is -6.48. The Bertz CT molecular complexity index is 1380. The van der Waals surface area contributed by atoms with Crippen LogP contribution in [-0.4, -0.2) is 93.6 Å². The van der Waals surface area contributed by atoms with Gasteiger partial charge in [-0.3, -0.25) is 33.6 Å². The molecule has 0 aliphatic carbocycles. The number of aliphatic hydroxyl groups is 1. The maximum Gasteiger partial charge on any atom is 0.310 e. The lowest BCUT2D eigenvalue weighted by Crippen LogP contribution is -2.60. The van der Waals surface area contributed by atoms with Gasteiger partial charge in [-0.25, -0.2) is 0 Å². The van der Waals surface area contributed by atoms with Gasteiger partial charge in [0.2, 0.25) is 35.8 Å². The number of nitrogens with zero attached hydrogens (tertiary/aromatic N) is 1. The maximum atomic E-state index is 14.2. The molecule has 15 heteroatoms. The van der Waals surface area contributed by atoms with Gasteiger partial charge in [0.15, 0.2) is 0 Å². The summed E-state index contributed by atoms with van der Waals surface area (Å²) < 4.78 is 4.74. The normalized spacial score (nSPS) is 21.0. The van der Waals surface area contributed by atoms with Crippen molar-refractivity contribution in [2.45, 2.75) is 97.3 Å². The first-order chi connectivity index (χ1) is 21.5. The van der Waals surface area contributed by atoms with Crippen LogP contribution < -0.4 is 21.3 Å². The van der Waals surface area contributed by atoms with Crippen molar-refractivity contribution >= 4 is 41.5 Å². The van der Waals surface area contributed by atoms with Crippen molar-refractivity contribution in [2.75, 3.05) is 6.54 Å². The van der Waals surface area contributed by atoms with Gasteiger partial charge < -0.3 is 41.1 Å². The number of ether oxygens (including phenoxy) is 1. The number of fused-ring (bicyclic) bond motifs is 1. The van der Waals surface area contributed by atoms with Gasteiger partial charge in [-0.2, -0.15) is 0 Å². The number of cyclic esters (lactones) is 1. The largest absolute Gasteiger partial charge is 0.481 e. The van der Waals surface area contributed by atoms with Crippen LogP contribution in [0.2, 0.25) is 0 Å². The van der Waals surface area contributed by atoms with Crippen LogP contribution >= 0.6 is 0 Å². The first kappa shape index (κ1) is 35.9. The van der Waals surface area contributed by atoms with Gasteiger partial charge in [-0.05, 0) is 36.3 Å². The second-order valence-electron chi connectivity index (χ2n) is 12.4. The van der Waals surface area contributed by atoms with Crippen molar-refractivity contribution in [2.24, 2.45) is 11.8 Å². The van der Waals surface area contributed by atoms with Crippen molar-refractivity contribution in [3.8, 4) is 0 Å². The molecule has 0 radical (unpaired) electrons. The molecule has 15 nitrogen and oxygen atoms in total. The number of rotatable bonds is 12. The third kappa shape index (κ3) is 8.80. The Hall–Kier alpha value is -4.53. The lowest BCUT2D eigenvalue weighted by atomic mass is 9.89. The number of carbonyl (C=O) groups excluding carboxylic acids is 6. The molecule has 0 spiro atoms. The fourth-order valence-corrected chi connectivity index (χ4v) is 5.55.